The van der Waals surface area contributed by atoms with Crippen LogP contribution in [0.5, 0.6) is 11.5 Å². The van der Waals surface area contributed by atoms with Crippen molar-refractivity contribution in [3.05, 3.63) is 97.4 Å². The summed E-state index contributed by atoms with van der Waals surface area (Å²) in [6.07, 6.45) is 0. The number of anilines is 2. The van der Waals surface area contributed by atoms with Crippen LogP contribution in [0.2, 0.25) is 5.02 Å². The summed E-state index contributed by atoms with van der Waals surface area (Å²) in [7, 11) is 3.05. The molecule has 0 bridgehead atoms. The number of ether oxygens (including phenoxy) is 2. The molecular formula is C31H26ClN3O6S2. The summed E-state index contributed by atoms with van der Waals surface area (Å²) < 4.78 is 12.3. The van der Waals surface area contributed by atoms with Crippen molar-refractivity contribution in [2.45, 2.75) is 29.7 Å². The van der Waals surface area contributed by atoms with E-state index in [0.29, 0.717) is 43.4 Å². The maximum absolute atomic E-state index is 14.1. The lowest BCUT2D eigenvalue weighted by Gasteiger charge is -2.31. The summed E-state index contributed by atoms with van der Waals surface area (Å²) in [5, 5.41) is 3.01. The van der Waals surface area contributed by atoms with Crippen LogP contribution in [0.25, 0.3) is 0 Å². The second kappa shape index (κ2) is 11.6. The first-order valence-electron chi connectivity index (χ1n) is 13.3. The quantitative estimate of drug-likeness (QED) is 0.274. The van der Waals surface area contributed by atoms with Gasteiger partial charge in [0.15, 0.2) is 11.5 Å². The third-order valence-electron chi connectivity index (χ3n) is 7.54. The SMILES string of the molecule is COc1ccc([C@H]2c3sc(=O)n(CC(=O)Nc4ccc(Cl)cc4)c3SC3C(=O)N(c4ccc(C)cc4)C(=O)C32)cc1OC. The van der Waals surface area contributed by atoms with E-state index in [1.807, 2.05) is 25.1 Å². The van der Waals surface area contributed by atoms with Crippen LogP contribution < -0.4 is 24.6 Å². The highest BCUT2D eigenvalue weighted by Crippen LogP contribution is 2.54. The standard InChI is InChI=1S/C31H26ClN3O6S2/c1-16-4-11-20(12-5-16)35-28(37)25-24(17-6-13-21(40-2)22(14-17)41-3)27-30(42-26(25)29(35)38)34(31(39)43-27)15-23(36)33-19-9-7-18(32)8-10-19/h4-14,24-26H,15H2,1-3H3,(H,33,36)/t24-,25?,26?/m1/s1. The smallest absolute Gasteiger partial charge is 0.308 e. The van der Waals surface area contributed by atoms with Gasteiger partial charge in [-0.3, -0.25) is 23.7 Å². The van der Waals surface area contributed by atoms with E-state index in [-0.39, 0.29) is 23.2 Å². The first kappa shape index (κ1) is 29.0. The van der Waals surface area contributed by atoms with E-state index in [9.17, 15) is 19.2 Å². The van der Waals surface area contributed by atoms with Crippen LogP contribution >= 0.6 is 34.7 Å². The Morgan fingerprint density at radius 3 is 2.30 bits per heavy atom. The van der Waals surface area contributed by atoms with Crippen LogP contribution in [0.15, 0.2) is 76.6 Å². The third kappa shape index (κ3) is 5.21. The molecule has 4 aromatic rings. The zero-order chi connectivity index (χ0) is 30.4. The van der Waals surface area contributed by atoms with Crippen molar-refractivity contribution in [2.75, 3.05) is 24.4 Å². The van der Waals surface area contributed by atoms with Crippen LogP contribution in [0.4, 0.5) is 11.4 Å². The molecule has 3 amide bonds. The number of fused-ring (bicyclic) bond motifs is 2. The number of aromatic nitrogens is 1. The Hall–Kier alpha value is -4.06. The first-order valence-corrected chi connectivity index (χ1v) is 15.4. The molecule has 1 N–H and O–H groups in total. The third-order valence-corrected chi connectivity index (χ3v) is 10.4. The van der Waals surface area contributed by atoms with Gasteiger partial charge >= 0.3 is 4.87 Å². The molecule has 0 saturated carbocycles. The lowest BCUT2D eigenvalue weighted by Crippen LogP contribution is -2.33. The van der Waals surface area contributed by atoms with E-state index in [0.717, 1.165) is 28.7 Å². The Bertz CT molecular complexity index is 1800. The molecule has 2 unspecified atom stereocenters. The van der Waals surface area contributed by atoms with Gasteiger partial charge in [-0.05, 0) is 61.0 Å². The van der Waals surface area contributed by atoms with Gasteiger partial charge in [-0.2, -0.15) is 0 Å². The fraction of sp³-hybridized carbons (Fsp3) is 0.226. The Kier molecular flexibility index (Phi) is 7.80. The summed E-state index contributed by atoms with van der Waals surface area (Å²) in [5.74, 6) is -1.57. The van der Waals surface area contributed by atoms with Crippen LogP contribution in [-0.2, 0) is 20.9 Å². The van der Waals surface area contributed by atoms with Gasteiger partial charge in [0, 0.05) is 21.5 Å². The Morgan fingerprint density at radius 2 is 1.63 bits per heavy atom. The summed E-state index contributed by atoms with van der Waals surface area (Å²) in [5.41, 5.74) is 2.72. The molecule has 0 radical (unpaired) electrons. The number of imide groups is 1. The summed E-state index contributed by atoms with van der Waals surface area (Å²) in [4.78, 5) is 55.9. The normalized spacial score (nSPS) is 19.2. The van der Waals surface area contributed by atoms with E-state index in [4.69, 9.17) is 21.1 Å². The van der Waals surface area contributed by atoms with Crippen molar-refractivity contribution in [1.29, 1.82) is 0 Å². The average molecular weight is 636 g/mol. The second-order valence-corrected chi connectivity index (χ2v) is 12.7. The number of thioether (sulfide) groups is 1. The maximum Gasteiger partial charge on any atom is 0.308 e. The maximum atomic E-state index is 14.1. The molecule has 3 heterocycles. The van der Waals surface area contributed by atoms with Crippen LogP contribution in [0, 0.1) is 12.8 Å². The van der Waals surface area contributed by atoms with Crippen LogP contribution in [0.1, 0.15) is 21.9 Å². The van der Waals surface area contributed by atoms with Gasteiger partial charge in [0.25, 0.3) is 0 Å². The van der Waals surface area contributed by atoms with Crippen molar-refractivity contribution in [3.63, 3.8) is 0 Å². The molecule has 3 atom stereocenters. The fourth-order valence-electron chi connectivity index (χ4n) is 5.49. The number of rotatable bonds is 7. The minimum Gasteiger partial charge on any atom is -0.493 e. The number of carbonyl (C=O) groups is 3. The van der Waals surface area contributed by atoms with Crippen molar-refractivity contribution < 1.29 is 23.9 Å². The lowest BCUT2D eigenvalue weighted by molar-refractivity contribution is -0.122. The average Bonchev–Trinajstić information content (AvgIpc) is 3.44. The van der Waals surface area contributed by atoms with E-state index < -0.39 is 23.0 Å². The molecule has 1 saturated heterocycles. The number of nitrogens with one attached hydrogen (secondary N) is 1. The number of carbonyl (C=O) groups excluding carboxylic acids is 3. The minimum absolute atomic E-state index is 0.264. The number of amides is 3. The van der Waals surface area contributed by atoms with Crippen molar-refractivity contribution in [2.24, 2.45) is 5.92 Å². The van der Waals surface area contributed by atoms with Gasteiger partial charge in [0.1, 0.15) is 11.8 Å². The van der Waals surface area contributed by atoms with E-state index in [1.54, 1.807) is 48.5 Å². The Balaban J connectivity index is 1.43. The molecule has 9 nitrogen and oxygen atoms in total. The lowest BCUT2D eigenvalue weighted by atomic mass is 9.83. The molecule has 1 aromatic heterocycles. The number of benzene rings is 3. The highest BCUT2D eigenvalue weighted by atomic mass is 35.5. The number of hydrogen-bond acceptors (Lipinski definition) is 8. The largest absolute Gasteiger partial charge is 0.493 e. The van der Waals surface area contributed by atoms with Crippen LogP contribution in [0.3, 0.4) is 0 Å². The van der Waals surface area contributed by atoms with E-state index >= 15 is 0 Å². The zero-order valence-electron chi connectivity index (χ0n) is 23.3. The molecular weight excluding hydrogens is 610 g/mol. The van der Waals surface area contributed by atoms with Crippen molar-refractivity contribution >= 4 is 63.8 Å². The predicted octanol–water partition coefficient (Wildman–Crippen LogP) is 5.32. The topological polar surface area (TPSA) is 107 Å². The number of aryl methyl sites for hydroxylation is 1. The molecule has 1 fully saturated rings. The molecule has 3 aromatic carbocycles. The van der Waals surface area contributed by atoms with Gasteiger partial charge in [0.2, 0.25) is 17.7 Å². The number of nitrogens with zero attached hydrogens (tertiary/aromatic N) is 2. The van der Waals surface area contributed by atoms with Gasteiger partial charge in [-0.1, -0.05) is 58.5 Å². The molecule has 220 valence electrons. The highest BCUT2D eigenvalue weighted by molar-refractivity contribution is 8.00. The van der Waals surface area contributed by atoms with E-state index in [1.165, 1.54) is 23.7 Å². The van der Waals surface area contributed by atoms with Gasteiger partial charge in [0.05, 0.1) is 30.9 Å². The molecule has 6 rings (SSSR count). The number of hydrogen-bond donors (Lipinski definition) is 1. The second-order valence-electron chi connectivity index (χ2n) is 10.2. The monoisotopic (exact) mass is 635 g/mol. The van der Waals surface area contributed by atoms with Crippen LogP contribution in [-0.4, -0.2) is 41.8 Å². The highest BCUT2D eigenvalue weighted by Gasteiger charge is 2.57. The van der Waals surface area contributed by atoms with Gasteiger partial charge in [-0.25, -0.2) is 4.90 Å². The molecule has 12 heteroatoms. The number of thiazole rings is 1. The summed E-state index contributed by atoms with van der Waals surface area (Å²) in [6, 6.07) is 19.2. The molecule has 2 aliphatic rings. The van der Waals surface area contributed by atoms with Crippen molar-refractivity contribution in [1.82, 2.24) is 4.57 Å². The Morgan fingerprint density at radius 1 is 0.930 bits per heavy atom. The summed E-state index contributed by atoms with van der Waals surface area (Å²) >= 11 is 8.10. The first-order chi connectivity index (χ1) is 20.7. The molecule has 43 heavy (non-hydrogen) atoms. The molecule has 0 spiro atoms. The number of methoxy groups -OCH3 is 2. The molecule has 0 aliphatic carbocycles. The van der Waals surface area contributed by atoms with Gasteiger partial charge in [-0.15, -0.1) is 0 Å². The molecule has 2 aliphatic heterocycles. The minimum atomic E-state index is -0.807. The Labute approximate surface area is 260 Å². The van der Waals surface area contributed by atoms with E-state index in [2.05, 4.69) is 5.32 Å². The summed E-state index contributed by atoms with van der Waals surface area (Å²) in [6.45, 7) is 1.67. The van der Waals surface area contributed by atoms with Crippen molar-refractivity contribution in [3.8, 4) is 11.5 Å². The fourth-order valence-corrected chi connectivity index (χ4v) is 8.39. The predicted molar refractivity (Wildman–Crippen MR) is 167 cm³/mol. The van der Waals surface area contributed by atoms with Gasteiger partial charge < -0.3 is 14.8 Å². The number of halogens is 1. The zero-order valence-corrected chi connectivity index (χ0v) is 25.7.